The number of hydrogen-bond acceptors (Lipinski definition) is 5. The van der Waals surface area contributed by atoms with Gasteiger partial charge in [0.1, 0.15) is 11.9 Å². The van der Waals surface area contributed by atoms with Crippen molar-refractivity contribution < 1.29 is 9.13 Å². The largest absolute Gasteiger partial charge is 0.477 e. The molecule has 0 bridgehead atoms. The summed E-state index contributed by atoms with van der Waals surface area (Å²) in [4.78, 5) is 18.2. The standard InChI is InChI=1S/C26H25FN4O2/c1-16-25(33-15-17-10-11-29-14-17)30-24(20-4-5-21(13-28)23(27)12-20)31(26(16)32)22-8-6-19(7-9-22)18-2-3-18/h4-9,12,17-18,29H,2-3,10-11,14-15H2,1H3/t17-/m1/s1. The Balaban J connectivity index is 1.61. The Morgan fingerprint density at radius 2 is 2.00 bits per heavy atom. The van der Waals surface area contributed by atoms with Gasteiger partial charge < -0.3 is 10.1 Å². The normalized spacial score (nSPS) is 17.7. The number of nitriles is 1. The monoisotopic (exact) mass is 444 g/mol. The Labute approximate surface area is 191 Å². The molecule has 6 nitrogen and oxygen atoms in total. The molecule has 1 N–H and O–H groups in total. The van der Waals surface area contributed by atoms with Crippen LogP contribution in [0.25, 0.3) is 17.1 Å². The van der Waals surface area contributed by atoms with Crippen molar-refractivity contribution in [1.82, 2.24) is 14.9 Å². The molecule has 5 rings (SSSR count). The van der Waals surface area contributed by atoms with E-state index in [-0.39, 0.29) is 22.8 Å². The van der Waals surface area contributed by atoms with Gasteiger partial charge in [-0.3, -0.25) is 9.36 Å². The molecule has 0 unspecified atom stereocenters. The maximum atomic E-state index is 14.5. The number of ether oxygens (including phenoxy) is 1. The van der Waals surface area contributed by atoms with Crippen LogP contribution in [0, 0.1) is 30.0 Å². The molecule has 0 radical (unpaired) electrons. The molecule has 1 saturated carbocycles. The summed E-state index contributed by atoms with van der Waals surface area (Å²) in [6, 6.07) is 14.0. The van der Waals surface area contributed by atoms with Gasteiger partial charge >= 0.3 is 0 Å². The van der Waals surface area contributed by atoms with Gasteiger partial charge in [-0.2, -0.15) is 10.2 Å². The fraction of sp³-hybridized carbons (Fsp3) is 0.346. The third-order valence-electron chi connectivity index (χ3n) is 6.43. The zero-order chi connectivity index (χ0) is 22.9. The molecule has 0 spiro atoms. The van der Waals surface area contributed by atoms with Crippen molar-refractivity contribution >= 4 is 0 Å². The highest BCUT2D eigenvalue weighted by atomic mass is 19.1. The predicted octanol–water partition coefficient (Wildman–Crippen LogP) is 4.08. The van der Waals surface area contributed by atoms with Gasteiger partial charge in [0.25, 0.3) is 5.56 Å². The van der Waals surface area contributed by atoms with E-state index in [4.69, 9.17) is 10.00 Å². The van der Waals surface area contributed by atoms with E-state index in [9.17, 15) is 9.18 Å². The Morgan fingerprint density at radius 1 is 1.21 bits per heavy atom. The number of nitrogens with one attached hydrogen (secondary N) is 1. The Morgan fingerprint density at radius 3 is 2.64 bits per heavy atom. The number of benzene rings is 2. The number of halogens is 1. The first-order valence-corrected chi connectivity index (χ1v) is 11.3. The lowest BCUT2D eigenvalue weighted by Crippen LogP contribution is -2.26. The zero-order valence-corrected chi connectivity index (χ0v) is 18.5. The quantitative estimate of drug-likeness (QED) is 0.620. The van der Waals surface area contributed by atoms with Crippen LogP contribution in [-0.4, -0.2) is 29.2 Å². The van der Waals surface area contributed by atoms with E-state index in [2.05, 4.69) is 10.3 Å². The van der Waals surface area contributed by atoms with Gasteiger partial charge in [-0.25, -0.2) is 4.39 Å². The Bertz CT molecular complexity index is 1280. The number of rotatable bonds is 6. The Hall–Kier alpha value is -3.50. The topological polar surface area (TPSA) is 79.9 Å². The van der Waals surface area contributed by atoms with E-state index in [1.54, 1.807) is 13.0 Å². The van der Waals surface area contributed by atoms with Gasteiger partial charge in [-0.1, -0.05) is 12.1 Å². The van der Waals surface area contributed by atoms with Crippen molar-refractivity contribution in [1.29, 1.82) is 5.26 Å². The summed E-state index contributed by atoms with van der Waals surface area (Å²) in [5.41, 5.74) is 2.41. The maximum Gasteiger partial charge on any atom is 0.265 e. The first-order valence-electron chi connectivity index (χ1n) is 11.3. The molecule has 1 saturated heterocycles. The molecule has 0 amide bonds. The molecule has 2 heterocycles. The van der Waals surface area contributed by atoms with E-state index in [1.165, 1.54) is 35.1 Å². The zero-order valence-electron chi connectivity index (χ0n) is 18.5. The summed E-state index contributed by atoms with van der Waals surface area (Å²) in [6.45, 7) is 3.99. The molecule has 2 aliphatic rings. The van der Waals surface area contributed by atoms with Crippen LogP contribution >= 0.6 is 0 Å². The fourth-order valence-electron chi connectivity index (χ4n) is 4.27. The summed E-state index contributed by atoms with van der Waals surface area (Å²) < 4.78 is 22.0. The highest BCUT2D eigenvalue weighted by Gasteiger charge is 2.24. The van der Waals surface area contributed by atoms with Crippen LogP contribution in [0.3, 0.4) is 0 Å². The SMILES string of the molecule is Cc1c(OC[C@@H]2CCNC2)nc(-c2ccc(C#N)c(F)c2)n(-c2ccc(C3CC3)cc2)c1=O. The molecule has 168 valence electrons. The highest BCUT2D eigenvalue weighted by Crippen LogP contribution is 2.40. The minimum atomic E-state index is -0.653. The molecule has 3 aromatic rings. The molecule has 2 fully saturated rings. The van der Waals surface area contributed by atoms with Crippen LogP contribution in [0.5, 0.6) is 5.88 Å². The van der Waals surface area contributed by atoms with Crippen LogP contribution in [-0.2, 0) is 0 Å². The average molecular weight is 445 g/mol. The van der Waals surface area contributed by atoms with Crippen molar-refractivity contribution in [2.45, 2.75) is 32.1 Å². The van der Waals surface area contributed by atoms with Gasteiger partial charge in [0.15, 0.2) is 5.82 Å². The van der Waals surface area contributed by atoms with E-state index in [1.807, 2.05) is 30.3 Å². The maximum absolute atomic E-state index is 14.5. The average Bonchev–Trinajstić information content (AvgIpc) is 3.55. The van der Waals surface area contributed by atoms with Crippen molar-refractivity contribution in [2.75, 3.05) is 19.7 Å². The Kier molecular flexibility index (Phi) is 5.69. The minimum absolute atomic E-state index is 0.0567. The molecule has 1 aromatic heterocycles. The van der Waals surface area contributed by atoms with E-state index >= 15 is 0 Å². The summed E-state index contributed by atoms with van der Waals surface area (Å²) in [7, 11) is 0. The lowest BCUT2D eigenvalue weighted by Gasteiger charge is -2.18. The molecule has 1 aliphatic carbocycles. The smallest absolute Gasteiger partial charge is 0.265 e. The van der Waals surface area contributed by atoms with Crippen molar-refractivity contribution in [2.24, 2.45) is 5.92 Å². The molecule has 1 atom stereocenters. The van der Waals surface area contributed by atoms with Crippen LogP contribution in [0.1, 0.15) is 41.9 Å². The second kappa shape index (κ2) is 8.80. The minimum Gasteiger partial charge on any atom is -0.477 e. The molecule has 1 aliphatic heterocycles. The molecule has 33 heavy (non-hydrogen) atoms. The van der Waals surface area contributed by atoms with Crippen LogP contribution in [0.4, 0.5) is 4.39 Å². The van der Waals surface area contributed by atoms with E-state index in [0.717, 1.165) is 19.5 Å². The molecular weight excluding hydrogens is 419 g/mol. The van der Waals surface area contributed by atoms with E-state index < -0.39 is 5.82 Å². The first-order chi connectivity index (χ1) is 16.0. The van der Waals surface area contributed by atoms with Crippen LogP contribution in [0.15, 0.2) is 47.3 Å². The van der Waals surface area contributed by atoms with Crippen molar-refractivity contribution in [3.63, 3.8) is 0 Å². The number of aromatic nitrogens is 2. The predicted molar refractivity (Wildman–Crippen MR) is 123 cm³/mol. The lowest BCUT2D eigenvalue weighted by molar-refractivity contribution is 0.248. The summed E-state index contributed by atoms with van der Waals surface area (Å²) in [6.07, 6.45) is 3.40. The summed E-state index contributed by atoms with van der Waals surface area (Å²) in [5.74, 6) is 0.855. The highest BCUT2D eigenvalue weighted by molar-refractivity contribution is 5.61. The van der Waals surface area contributed by atoms with Gasteiger partial charge in [0, 0.05) is 18.0 Å². The summed E-state index contributed by atoms with van der Waals surface area (Å²) in [5, 5.41) is 12.4. The lowest BCUT2D eigenvalue weighted by atomic mass is 10.1. The fourth-order valence-corrected chi connectivity index (χ4v) is 4.27. The van der Waals surface area contributed by atoms with Gasteiger partial charge in [0.05, 0.1) is 23.4 Å². The summed E-state index contributed by atoms with van der Waals surface area (Å²) >= 11 is 0. The van der Waals surface area contributed by atoms with Crippen LogP contribution < -0.4 is 15.6 Å². The van der Waals surface area contributed by atoms with Crippen molar-refractivity contribution in [3.05, 3.63) is 75.3 Å². The second-order valence-corrected chi connectivity index (χ2v) is 8.85. The van der Waals surface area contributed by atoms with Gasteiger partial charge in [-0.05, 0) is 74.5 Å². The third kappa shape index (κ3) is 4.27. The van der Waals surface area contributed by atoms with Crippen molar-refractivity contribution in [3.8, 4) is 29.0 Å². The molecule has 2 aromatic carbocycles. The van der Waals surface area contributed by atoms with Crippen LogP contribution in [0.2, 0.25) is 0 Å². The van der Waals surface area contributed by atoms with E-state index in [0.29, 0.717) is 35.3 Å². The second-order valence-electron chi connectivity index (χ2n) is 8.85. The molecular formula is C26H25FN4O2. The first kappa shape index (κ1) is 21.4. The molecule has 7 heteroatoms. The number of nitrogens with zero attached hydrogens (tertiary/aromatic N) is 3. The number of hydrogen-bond donors (Lipinski definition) is 1. The third-order valence-corrected chi connectivity index (χ3v) is 6.43. The van der Waals surface area contributed by atoms with Gasteiger partial charge in [0.2, 0.25) is 5.88 Å². The van der Waals surface area contributed by atoms with Gasteiger partial charge in [-0.15, -0.1) is 0 Å².